The van der Waals surface area contributed by atoms with E-state index in [9.17, 15) is 4.79 Å². The Kier molecular flexibility index (Phi) is 10.9. The van der Waals surface area contributed by atoms with E-state index in [0.29, 0.717) is 6.54 Å². The van der Waals surface area contributed by atoms with Crippen LogP contribution < -0.4 is 11.1 Å². The number of anilines is 1. The van der Waals surface area contributed by atoms with Crippen LogP contribution in [0.3, 0.4) is 0 Å². The highest BCUT2D eigenvalue weighted by Gasteiger charge is 2.16. The molecule has 0 saturated carbocycles. The summed E-state index contributed by atoms with van der Waals surface area (Å²) in [5.74, 6) is 0. The van der Waals surface area contributed by atoms with Gasteiger partial charge in [-0.2, -0.15) is 0 Å². The van der Waals surface area contributed by atoms with Crippen LogP contribution in [0.1, 0.15) is 45.7 Å². The van der Waals surface area contributed by atoms with E-state index in [0.717, 1.165) is 24.3 Å². The monoisotopic (exact) mass is 309 g/mol. The highest BCUT2D eigenvalue weighted by atomic mass is 16.5. The number of para-hydroxylation sites is 1. The first-order valence-corrected chi connectivity index (χ1v) is 7.91. The fourth-order valence-corrected chi connectivity index (χ4v) is 2.09. The van der Waals surface area contributed by atoms with Gasteiger partial charge in [-0.3, -0.25) is 4.90 Å². The fourth-order valence-electron chi connectivity index (χ4n) is 2.09. The molecule has 0 bridgehead atoms. The number of nitrogens with one attached hydrogen (secondary N) is 1. The summed E-state index contributed by atoms with van der Waals surface area (Å²) in [6, 6.07) is 8.08. The lowest BCUT2D eigenvalue weighted by atomic mass is 10.0. The highest BCUT2D eigenvalue weighted by molar-refractivity contribution is 5.66. The van der Waals surface area contributed by atoms with E-state index in [1.54, 1.807) is 0 Å². The molecule has 1 aromatic rings. The van der Waals surface area contributed by atoms with Crippen molar-refractivity contribution in [2.75, 3.05) is 32.5 Å². The Labute approximate surface area is 134 Å². The first kappa shape index (κ1) is 20.2. The van der Waals surface area contributed by atoms with Crippen LogP contribution in [0.15, 0.2) is 24.3 Å². The van der Waals surface area contributed by atoms with Crippen molar-refractivity contribution in [1.29, 1.82) is 0 Å². The molecule has 0 aliphatic rings. The van der Waals surface area contributed by atoms with E-state index in [4.69, 9.17) is 5.73 Å². The zero-order chi connectivity index (χ0) is 17.0. The van der Waals surface area contributed by atoms with Gasteiger partial charge in [0.2, 0.25) is 0 Å². The number of benzene rings is 1. The lowest BCUT2D eigenvalue weighted by molar-refractivity contribution is 0.165. The van der Waals surface area contributed by atoms with Gasteiger partial charge in [-0.05, 0) is 25.1 Å². The molecule has 0 aliphatic carbocycles. The summed E-state index contributed by atoms with van der Waals surface area (Å²) in [7, 11) is 1.36. The zero-order valence-corrected chi connectivity index (χ0v) is 14.6. The maximum atomic E-state index is 11.0. The molecule has 1 rings (SSSR count). The molecule has 0 saturated heterocycles. The predicted octanol–water partition coefficient (Wildman–Crippen LogP) is 3.42. The molecule has 0 fully saturated rings. The number of amides is 1. The van der Waals surface area contributed by atoms with Gasteiger partial charge in [-0.25, -0.2) is 4.79 Å². The van der Waals surface area contributed by atoms with Crippen LogP contribution in [0.2, 0.25) is 0 Å². The van der Waals surface area contributed by atoms with Gasteiger partial charge in [0, 0.05) is 24.8 Å². The second-order valence-electron chi connectivity index (χ2n) is 5.06. The molecule has 126 valence electrons. The standard InChI is InChI=1S/C14H23N3O2.C3H8/c1-4-17(10-9-16-14(18)19-3)11(2)12-7-5-6-8-13(12)15;1-3-2/h5-8,11H,4,9-10,15H2,1-3H3,(H,16,18);3H2,1-2H3. The third kappa shape index (κ3) is 7.31. The van der Waals surface area contributed by atoms with Crippen LogP contribution >= 0.6 is 0 Å². The Hall–Kier alpha value is -1.75. The SMILES string of the molecule is CCC.CCN(CCNC(=O)OC)C(C)c1ccccc1N. The average molecular weight is 309 g/mol. The number of alkyl carbamates (subject to hydrolysis) is 1. The molecular formula is C17H31N3O2. The zero-order valence-electron chi connectivity index (χ0n) is 14.6. The molecule has 3 N–H and O–H groups in total. The molecule has 5 nitrogen and oxygen atoms in total. The number of carbonyl (C=O) groups excluding carboxylic acids is 1. The van der Waals surface area contributed by atoms with Gasteiger partial charge in [0.25, 0.3) is 0 Å². The Balaban J connectivity index is 0.00000135. The minimum absolute atomic E-state index is 0.214. The topological polar surface area (TPSA) is 67.6 Å². The lowest BCUT2D eigenvalue weighted by Crippen LogP contribution is -2.36. The smallest absolute Gasteiger partial charge is 0.406 e. The second-order valence-corrected chi connectivity index (χ2v) is 5.06. The van der Waals surface area contributed by atoms with Crippen molar-refractivity contribution in [1.82, 2.24) is 10.2 Å². The molecule has 1 atom stereocenters. The first-order valence-electron chi connectivity index (χ1n) is 7.91. The first-order chi connectivity index (χ1) is 10.5. The van der Waals surface area contributed by atoms with E-state index in [-0.39, 0.29) is 6.04 Å². The predicted molar refractivity (Wildman–Crippen MR) is 92.9 cm³/mol. The second kappa shape index (κ2) is 11.9. The third-order valence-corrected chi connectivity index (χ3v) is 3.25. The van der Waals surface area contributed by atoms with Crippen LogP contribution in [0.4, 0.5) is 10.5 Å². The van der Waals surface area contributed by atoms with Gasteiger partial charge in [0.1, 0.15) is 0 Å². The number of nitrogen functional groups attached to an aromatic ring is 1. The fraction of sp³-hybridized carbons (Fsp3) is 0.588. The number of nitrogens with two attached hydrogens (primary N) is 1. The molecule has 0 heterocycles. The van der Waals surface area contributed by atoms with Crippen LogP contribution in [0.5, 0.6) is 0 Å². The van der Waals surface area contributed by atoms with E-state index in [2.05, 4.69) is 42.6 Å². The number of rotatable bonds is 6. The van der Waals surface area contributed by atoms with Crippen LogP contribution in [-0.2, 0) is 4.74 Å². The molecule has 1 unspecified atom stereocenters. The maximum absolute atomic E-state index is 11.0. The van der Waals surface area contributed by atoms with E-state index in [1.807, 2.05) is 24.3 Å². The number of carbonyl (C=O) groups is 1. The number of ether oxygens (including phenoxy) is 1. The summed E-state index contributed by atoms with van der Waals surface area (Å²) in [4.78, 5) is 13.3. The summed E-state index contributed by atoms with van der Waals surface area (Å²) in [5.41, 5.74) is 7.91. The van der Waals surface area contributed by atoms with Gasteiger partial charge in [-0.15, -0.1) is 0 Å². The van der Waals surface area contributed by atoms with Crippen molar-refractivity contribution in [2.24, 2.45) is 0 Å². The molecule has 0 aliphatic heterocycles. The van der Waals surface area contributed by atoms with Gasteiger partial charge >= 0.3 is 6.09 Å². The Morgan fingerprint density at radius 2 is 1.91 bits per heavy atom. The number of methoxy groups -OCH3 is 1. The summed E-state index contributed by atoms with van der Waals surface area (Å²) in [5, 5.41) is 2.68. The maximum Gasteiger partial charge on any atom is 0.406 e. The molecule has 5 heteroatoms. The van der Waals surface area contributed by atoms with Gasteiger partial charge in [-0.1, -0.05) is 45.4 Å². The summed E-state index contributed by atoms with van der Waals surface area (Å²) < 4.78 is 4.54. The van der Waals surface area contributed by atoms with Gasteiger partial charge < -0.3 is 15.8 Å². The van der Waals surface area contributed by atoms with Crippen LogP contribution in [0, 0.1) is 0 Å². The molecule has 0 radical (unpaired) electrons. The Bertz CT molecular complexity index is 424. The molecular weight excluding hydrogens is 278 g/mol. The summed E-state index contributed by atoms with van der Waals surface area (Å²) in [6.45, 7) is 10.7. The average Bonchev–Trinajstić information content (AvgIpc) is 2.52. The highest BCUT2D eigenvalue weighted by Crippen LogP contribution is 2.24. The number of hydrogen-bond donors (Lipinski definition) is 2. The quantitative estimate of drug-likeness (QED) is 0.790. The van der Waals surface area contributed by atoms with Crippen molar-refractivity contribution in [3.05, 3.63) is 29.8 Å². The molecule has 0 spiro atoms. The van der Waals surface area contributed by atoms with Gasteiger partial charge in [0.15, 0.2) is 0 Å². The summed E-state index contributed by atoms with van der Waals surface area (Å²) >= 11 is 0. The lowest BCUT2D eigenvalue weighted by Gasteiger charge is -2.29. The molecule has 0 aromatic heterocycles. The number of nitrogens with zero attached hydrogens (tertiary/aromatic N) is 1. The van der Waals surface area contributed by atoms with Crippen LogP contribution in [-0.4, -0.2) is 37.7 Å². The Morgan fingerprint density at radius 3 is 2.41 bits per heavy atom. The van der Waals surface area contributed by atoms with Crippen molar-refractivity contribution in [3.8, 4) is 0 Å². The van der Waals surface area contributed by atoms with E-state index >= 15 is 0 Å². The van der Waals surface area contributed by atoms with Crippen molar-refractivity contribution in [2.45, 2.75) is 40.2 Å². The molecule has 22 heavy (non-hydrogen) atoms. The number of hydrogen-bond acceptors (Lipinski definition) is 4. The van der Waals surface area contributed by atoms with Crippen molar-refractivity contribution >= 4 is 11.8 Å². The van der Waals surface area contributed by atoms with E-state index in [1.165, 1.54) is 13.5 Å². The molecule has 1 aromatic carbocycles. The van der Waals surface area contributed by atoms with E-state index < -0.39 is 6.09 Å². The third-order valence-electron chi connectivity index (χ3n) is 3.25. The Morgan fingerprint density at radius 1 is 1.32 bits per heavy atom. The number of likely N-dealkylation sites (N-methyl/N-ethyl adjacent to an activating group) is 1. The normalized spacial score (nSPS) is 11.4. The van der Waals surface area contributed by atoms with Gasteiger partial charge in [0.05, 0.1) is 7.11 Å². The summed E-state index contributed by atoms with van der Waals surface area (Å²) in [6.07, 6.45) is 0.850. The minimum Gasteiger partial charge on any atom is -0.453 e. The van der Waals surface area contributed by atoms with Crippen molar-refractivity contribution < 1.29 is 9.53 Å². The largest absolute Gasteiger partial charge is 0.453 e. The van der Waals surface area contributed by atoms with Crippen molar-refractivity contribution in [3.63, 3.8) is 0 Å². The van der Waals surface area contributed by atoms with Crippen LogP contribution in [0.25, 0.3) is 0 Å². The minimum atomic E-state index is -0.400. The molecule has 1 amide bonds.